The molecule has 0 fully saturated rings. The number of fused-ring (bicyclic) bond motifs is 1. The number of quaternary nitrogens is 1. The number of aromatic nitrogens is 4. The van der Waals surface area contributed by atoms with Crippen LogP contribution in [0, 0.1) is 0 Å². The minimum absolute atomic E-state index is 0. The molecule has 2 aromatic heterocycles. The van der Waals surface area contributed by atoms with Crippen LogP contribution in [0.4, 0.5) is 0 Å². The highest BCUT2D eigenvalue weighted by atomic mass is 35.5. The molecule has 4 rings (SSSR count). The fourth-order valence-corrected chi connectivity index (χ4v) is 4.14. The van der Waals surface area contributed by atoms with E-state index in [0.29, 0.717) is 17.7 Å². The van der Waals surface area contributed by atoms with Gasteiger partial charge in [-0.05, 0) is 11.6 Å². The van der Waals surface area contributed by atoms with Gasteiger partial charge in [0.2, 0.25) is 0 Å². The average Bonchev–Trinajstić information content (AvgIpc) is 3.26. The lowest BCUT2D eigenvalue weighted by atomic mass is 10.2. The van der Waals surface area contributed by atoms with Crippen LogP contribution in [0.15, 0.2) is 82.7 Å². The molecule has 2 aromatic carbocycles. The Morgan fingerprint density at radius 1 is 0.941 bits per heavy atom. The Morgan fingerprint density at radius 2 is 1.62 bits per heavy atom. The van der Waals surface area contributed by atoms with Gasteiger partial charge in [-0.15, -0.1) is 0 Å². The van der Waals surface area contributed by atoms with Crippen LogP contribution >= 0.6 is 0 Å². The van der Waals surface area contributed by atoms with Crippen molar-refractivity contribution in [2.75, 3.05) is 13.1 Å². The van der Waals surface area contributed by atoms with Crippen LogP contribution < -0.4 is 28.6 Å². The molecule has 0 aliphatic rings. The van der Waals surface area contributed by atoms with Crippen molar-refractivity contribution in [2.24, 2.45) is 14.1 Å². The summed E-state index contributed by atoms with van der Waals surface area (Å²) >= 11 is 0. The number of rotatable bonds is 9. The molecule has 2 heterocycles. The van der Waals surface area contributed by atoms with Gasteiger partial charge in [-0.3, -0.25) is 13.9 Å². The molecule has 1 unspecified atom stereocenters. The summed E-state index contributed by atoms with van der Waals surface area (Å²) in [7, 11) is 3.15. The molecular formula is C26H30ClN5O2. The van der Waals surface area contributed by atoms with Crippen molar-refractivity contribution >= 4 is 17.2 Å². The maximum Gasteiger partial charge on any atom is 0.332 e. The summed E-state index contributed by atoms with van der Waals surface area (Å²) in [6, 6.07) is 20.8. The van der Waals surface area contributed by atoms with E-state index in [1.165, 1.54) is 27.6 Å². The Morgan fingerprint density at radius 3 is 2.32 bits per heavy atom. The number of imidazole rings is 1. The third kappa shape index (κ3) is 5.73. The van der Waals surface area contributed by atoms with E-state index in [0.717, 1.165) is 30.6 Å². The minimum Gasteiger partial charge on any atom is -1.00 e. The first-order valence-electron chi connectivity index (χ1n) is 11.2. The van der Waals surface area contributed by atoms with Gasteiger partial charge in [0.05, 0.1) is 19.4 Å². The van der Waals surface area contributed by atoms with Crippen LogP contribution in [-0.2, 0) is 27.2 Å². The van der Waals surface area contributed by atoms with E-state index in [9.17, 15) is 9.59 Å². The van der Waals surface area contributed by atoms with Gasteiger partial charge in [0, 0.05) is 32.6 Å². The fourth-order valence-electron chi connectivity index (χ4n) is 4.14. The zero-order valence-corrected chi connectivity index (χ0v) is 20.3. The van der Waals surface area contributed by atoms with E-state index in [1.807, 2.05) is 28.8 Å². The Labute approximate surface area is 205 Å². The topological polar surface area (TPSA) is 66.3 Å². The first-order chi connectivity index (χ1) is 16.0. The van der Waals surface area contributed by atoms with Gasteiger partial charge in [-0.1, -0.05) is 66.7 Å². The Balaban J connectivity index is 0.00000324. The molecule has 0 bridgehead atoms. The van der Waals surface area contributed by atoms with Crippen LogP contribution in [-0.4, -0.2) is 31.8 Å². The molecule has 1 N–H and O–H groups in total. The largest absolute Gasteiger partial charge is 1.00 e. The maximum absolute atomic E-state index is 12.7. The summed E-state index contributed by atoms with van der Waals surface area (Å²) < 4.78 is 4.44. The third-order valence-electron chi connectivity index (χ3n) is 5.96. The smallest absolute Gasteiger partial charge is 0.332 e. The van der Waals surface area contributed by atoms with Gasteiger partial charge < -0.3 is 21.9 Å². The van der Waals surface area contributed by atoms with Crippen molar-refractivity contribution < 1.29 is 17.3 Å². The van der Waals surface area contributed by atoms with Crippen molar-refractivity contribution in [2.45, 2.75) is 19.5 Å². The van der Waals surface area contributed by atoms with Crippen molar-refractivity contribution in [1.82, 2.24) is 18.7 Å². The molecule has 0 aliphatic heterocycles. The summed E-state index contributed by atoms with van der Waals surface area (Å²) in [5.74, 6) is 0. The average molecular weight is 480 g/mol. The van der Waals surface area contributed by atoms with E-state index in [2.05, 4.69) is 53.5 Å². The Hall–Kier alpha value is -3.42. The second-order valence-electron chi connectivity index (χ2n) is 8.35. The van der Waals surface area contributed by atoms with Crippen LogP contribution in [0.1, 0.15) is 17.5 Å². The first kappa shape index (κ1) is 25.2. The van der Waals surface area contributed by atoms with Crippen LogP contribution in [0.5, 0.6) is 0 Å². The summed E-state index contributed by atoms with van der Waals surface area (Å²) in [5.41, 5.74) is 2.75. The standard InChI is InChI=1S/C26H29N5O2.ClH/c1-28-24-23(25(32)29(2)26(28)33)31(20-27-24)18-10-17-30(19-22-13-7-4-8-14-22)16-9-15-21-11-5-3-6-12-21;/h3-9,11-15,20H,10,16-19H2,1-2H3;1H/b15-9+;. The second-order valence-corrected chi connectivity index (χ2v) is 8.35. The molecule has 0 amide bonds. The zero-order chi connectivity index (χ0) is 23.2. The van der Waals surface area contributed by atoms with E-state index in [-0.39, 0.29) is 23.7 Å². The minimum atomic E-state index is -0.360. The maximum atomic E-state index is 12.7. The Bertz CT molecular complexity index is 1360. The molecule has 4 aromatic rings. The van der Waals surface area contributed by atoms with Gasteiger partial charge in [0.25, 0.3) is 5.56 Å². The van der Waals surface area contributed by atoms with E-state index in [4.69, 9.17) is 0 Å². The normalized spacial score (nSPS) is 12.2. The first-order valence-corrected chi connectivity index (χ1v) is 11.2. The third-order valence-corrected chi connectivity index (χ3v) is 5.96. The zero-order valence-electron chi connectivity index (χ0n) is 19.5. The van der Waals surface area contributed by atoms with Crippen molar-refractivity contribution in [1.29, 1.82) is 0 Å². The number of benzene rings is 2. The van der Waals surface area contributed by atoms with Crippen LogP contribution in [0.3, 0.4) is 0 Å². The summed E-state index contributed by atoms with van der Waals surface area (Å²) in [4.78, 5) is 30.6. The molecule has 1 atom stereocenters. The van der Waals surface area contributed by atoms with Crippen LogP contribution in [0.2, 0.25) is 0 Å². The molecular weight excluding hydrogens is 450 g/mol. The van der Waals surface area contributed by atoms with Gasteiger partial charge in [-0.2, -0.15) is 0 Å². The lowest BCUT2D eigenvalue weighted by Crippen LogP contribution is -3.10. The Kier molecular flexibility index (Phi) is 8.62. The van der Waals surface area contributed by atoms with Crippen molar-refractivity contribution in [3.8, 4) is 0 Å². The molecule has 0 aliphatic carbocycles. The molecule has 0 saturated heterocycles. The number of nitrogens with one attached hydrogen (secondary N) is 1. The lowest BCUT2D eigenvalue weighted by molar-refractivity contribution is -0.908. The SMILES string of the molecule is Cn1c(=O)c2c(ncn2CCC[NH+](C/C=C/c2ccccc2)Cc2ccccc2)n(C)c1=O.[Cl-]. The summed E-state index contributed by atoms with van der Waals surface area (Å²) in [6.07, 6.45) is 6.95. The highest BCUT2D eigenvalue weighted by Gasteiger charge is 2.15. The molecule has 0 radical (unpaired) electrons. The fraction of sp³-hybridized carbons (Fsp3) is 0.269. The van der Waals surface area contributed by atoms with Crippen molar-refractivity contribution in [3.05, 3.63) is 105 Å². The number of aryl methyl sites for hydroxylation is 2. The quantitative estimate of drug-likeness (QED) is 0.322. The molecule has 178 valence electrons. The monoisotopic (exact) mass is 479 g/mol. The van der Waals surface area contributed by atoms with E-state index >= 15 is 0 Å². The molecule has 0 spiro atoms. The van der Waals surface area contributed by atoms with Gasteiger partial charge >= 0.3 is 5.69 Å². The lowest BCUT2D eigenvalue weighted by Gasteiger charge is -2.18. The predicted octanol–water partition coefficient (Wildman–Crippen LogP) is -1.37. The molecule has 34 heavy (non-hydrogen) atoms. The second kappa shape index (κ2) is 11.6. The van der Waals surface area contributed by atoms with E-state index in [1.54, 1.807) is 13.4 Å². The molecule has 8 heteroatoms. The van der Waals surface area contributed by atoms with Gasteiger partial charge in [-0.25, -0.2) is 9.78 Å². The van der Waals surface area contributed by atoms with Gasteiger partial charge in [0.15, 0.2) is 11.2 Å². The number of hydrogen-bond donors (Lipinski definition) is 1. The molecule has 0 saturated carbocycles. The predicted molar refractivity (Wildman–Crippen MR) is 131 cm³/mol. The number of halogens is 1. The highest BCUT2D eigenvalue weighted by molar-refractivity contribution is 5.69. The van der Waals surface area contributed by atoms with Crippen molar-refractivity contribution in [3.63, 3.8) is 0 Å². The number of nitrogens with zero attached hydrogens (tertiary/aromatic N) is 4. The summed E-state index contributed by atoms with van der Waals surface area (Å²) in [6.45, 7) is 3.45. The van der Waals surface area contributed by atoms with Crippen LogP contribution in [0.25, 0.3) is 17.2 Å². The summed E-state index contributed by atoms with van der Waals surface area (Å²) in [5, 5.41) is 0. The number of hydrogen-bond acceptors (Lipinski definition) is 3. The van der Waals surface area contributed by atoms with E-state index < -0.39 is 0 Å². The highest BCUT2D eigenvalue weighted by Crippen LogP contribution is 2.06. The van der Waals surface area contributed by atoms with Gasteiger partial charge in [0.1, 0.15) is 6.54 Å². The molecule has 7 nitrogen and oxygen atoms in total.